The van der Waals surface area contributed by atoms with Crippen molar-refractivity contribution in [2.24, 2.45) is 0 Å². The van der Waals surface area contributed by atoms with Crippen LogP contribution in [0.5, 0.6) is 0 Å². The maximum atomic E-state index is 10.3. The van der Waals surface area contributed by atoms with Gasteiger partial charge in [-0.3, -0.25) is 4.79 Å². The first-order chi connectivity index (χ1) is 6.50. The Bertz CT molecular complexity index is 366. The van der Waals surface area contributed by atoms with E-state index in [2.05, 4.69) is 0 Å². The molecule has 0 heterocycles. The van der Waals surface area contributed by atoms with Crippen LogP contribution in [-0.4, -0.2) is 11.1 Å². The molecule has 3 nitrogen and oxygen atoms in total. The molecule has 0 aliphatic carbocycles. The molecule has 0 atom stereocenters. The van der Waals surface area contributed by atoms with Crippen LogP contribution in [0.15, 0.2) is 12.1 Å². The first kappa shape index (κ1) is 11.1. The predicted octanol–water partition coefficient (Wildman–Crippen LogP) is 2.59. The second kappa shape index (κ2) is 4.53. The third-order valence-electron chi connectivity index (χ3n) is 1.79. The highest BCUT2D eigenvalue weighted by Gasteiger charge is 2.06. The van der Waals surface area contributed by atoms with Crippen molar-refractivity contribution in [2.75, 3.05) is 5.73 Å². The van der Waals surface area contributed by atoms with Crippen molar-refractivity contribution in [1.82, 2.24) is 0 Å². The van der Waals surface area contributed by atoms with Crippen LogP contribution in [0.4, 0.5) is 5.69 Å². The standard InChI is InChI=1S/C9H9Cl2NO2/c10-6-3-5(1-2-9(13)14)8(12)4-7(6)11/h3-4H,1-2,12H2,(H,13,14). The zero-order chi connectivity index (χ0) is 10.7. The second-order valence-electron chi connectivity index (χ2n) is 2.86. The van der Waals surface area contributed by atoms with Gasteiger partial charge in [-0.2, -0.15) is 0 Å². The fourth-order valence-electron chi connectivity index (χ4n) is 1.06. The van der Waals surface area contributed by atoms with Gasteiger partial charge in [0.25, 0.3) is 0 Å². The number of carboxylic acids is 1. The second-order valence-corrected chi connectivity index (χ2v) is 3.67. The monoisotopic (exact) mass is 233 g/mol. The third kappa shape index (κ3) is 2.79. The minimum absolute atomic E-state index is 0.0299. The number of aryl methyl sites for hydroxylation is 1. The molecule has 3 N–H and O–H groups in total. The Labute approximate surface area is 91.4 Å². The van der Waals surface area contributed by atoms with Gasteiger partial charge in [0.1, 0.15) is 0 Å². The molecule has 0 bridgehead atoms. The number of halogens is 2. The van der Waals surface area contributed by atoms with Crippen LogP contribution >= 0.6 is 23.2 Å². The first-order valence-corrected chi connectivity index (χ1v) is 4.71. The summed E-state index contributed by atoms with van der Waals surface area (Å²) in [6.45, 7) is 0. The number of nitrogens with two attached hydrogens (primary N) is 1. The number of hydrogen-bond acceptors (Lipinski definition) is 2. The number of carboxylic acid groups (broad SMARTS) is 1. The maximum Gasteiger partial charge on any atom is 0.303 e. The Balaban J connectivity index is 2.87. The van der Waals surface area contributed by atoms with Crippen LogP contribution < -0.4 is 5.73 Å². The molecule has 1 aromatic rings. The van der Waals surface area contributed by atoms with Crippen molar-refractivity contribution in [2.45, 2.75) is 12.8 Å². The van der Waals surface area contributed by atoms with Gasteiger partial charge in [-0.1, -0.05) is 23.2 Å². The van der Waals surface area contributed by atoms with E-state index >= 15 is 0 Å². The van der Waals surface area contributed by atoms with Crippen LogP contribution in [0, 0.1) is 0 Å². The summed E-state index contributed by atoms with van der Waals surface area (Å²) in [4.78, 5) is 10.3. The van der Waals surface area contributed by atoms with Crippen molar-refractivity contribution in [3.05, 3.63) is 27.7 Å². The maximum absolute atomic E-state index is 10.3. The lowest BCUT2D eigenvalue weighted by molar-refractivity contribution is -0.136. The average molecular weight is 234 g/mol. The van der Waals surface area contributed by atoms with E-state index < -0.39 is 5.97 Å². The number of benzene rings is 1. The number of anilines is 1. The summed E-state index contributed by atoms with van der Waals surface area (Å²) in [7, 11) is 0. The summed E-state index contributed by atoms with van der Waals surface area (Å²) in [6.07, 6.45) is 0.389. The fourth-order valence-corrected chi connectivity index (χ4v) is 1.42. The molecule has 5 heteroatoms. The molecule has 0 amide bonds. The van der Waals surface area contributed by atoms with Crippen molar-refractivity contribution in [1.29, 1.82) is 0 Å². The topological polar surface area (TPSA) is 63.3 Å². The number of carbonyl (C=O) groups is 1. The minimum Gasteiger partial charge on any atom is -0.481 e. The van der Waals surface area contributed by atoms with Crippen LogP contribution in [0.2, 0.25) is 10.0 Å². The normalized spacial score (nSPS) is 10.1. The van der Waals surface area contributed by atoms with Gasteiger partial charge in [0.05, 0.1) is 10.0 Å². The molecule has 0 fully saturated rings. The van der Waals surface area contributed by atoms with Crippen LogP contribution in [0.3, 0.4) is 0 Å². The Kier molecular flexibility index (Phi) is 3.61. The van der Waals surface area contributed by atoms with Gasteiger partial charge < -0.3 is 10.8 Å². The largest absolute Gasteiger partial charge is 0.481 e. The lowest BCUT2D eigenvalue weighted by Gasteiger charge is -2.05. The molecule has 0 saturated carbocycles. The summed E-state index contributed by atoms with van der Waals surface area (Å²) in [5.74, 6) is -0.865. The smallest absolute Gasteiger partial charge is 0.303 e. The predicted molar refractivity (Wildman–Crippen MR) is 56.8 cm³/mol. The minimum atomic E-state index is -0.865. The Hall–Kier alpha value is -0.930. The third-order valence-corrected chi connectivity index (χ3v) is 2.51. The van der Waals surface area contributed by atoms with Crippen molar-refractivity contribution in [3.63, 3.8) is 0 Å². The summed E-state index contributed by atoms with van der Waals surface area (Å²) in [6, 6.07) is 3.13. The van der Waals surface area contributed by atoms with Gasteiger partial charge in [-0.15, -0.1) is 0 Å². The van der Waals surface area contributed by atoms with E-state index in [4.69, 9.17) is 34.0 Å². The fraction of sp³-hybridized carbons (Fsp3) is 0.222. The van der Waals surface area contributed by atoms with E-state index in [1.54, 1.807) is 6.07 Å². The van der Waals surface area contributed by atoms with Crippen molar-refractivity contribution < 1.29 is 9.90 Å². The molecular weight excluding hydrogens is 225 g/mol. The van der Waals surface area contributed by atoms with Gasteiger partial charge in [0, 0.05) is 12.1 Å². The molecule has 14 heavy (non-hydrogen) atoms. The highest BCUT2D eigenvalue weighted by molar-refractivity contribution is 6.42. The van der Waals surface area contributed by atoms with Gasteiger partial charge >= 0.3 is 5.97 Å². The molecule has 76 valence electrons. The van der Waals surface area contributed by atoms with Crippen molar-refractivity contribution >= 4 is 34.9 Å². The molecule has 0 aliphatic rings. The molecule has 0 unspecified atom stereocenters. The zero-order valence-corrected chi connectivity index (χ0v) is 8.77. The number of rotatable bonds is 3. The molecule has 1 aromatic carbocycles. The number of nitrogen functional groups attached to an aromatic ring is 1. The number of aliphatic carboxylic acids is 1. The van der Waals surface area contributed by atoms with Gasteiger partial charge in [0.2, 0.25) is 0 Å². The Morgan fingerprint density at radius 2 is 1.93 bits per heavy atom. The first-order valence-electron chi connectivity index (χ1n) is 3.96. The highest BCUT2D eigenvalue weighted by Crippen LogP contribution is 2.27. The van der Waals surface area contributed by atoms with Gasteiger partial charge in [-0.05, 0) is 24.1 Å². The van der Waals surface area contributed by atoms with Crippen LogP contribution in [0.25, 0.3) is 0 Å². The molecule has 1 rings (SSSR count). The van der Waals surface area contributed by atoms with Gasteiger partial charge in [0.15, 0.2) is 0 Å². The van der Waals surface area contributed by atoms with E-state index in [0.717, 1.165) is 0 Å². The van der Waals surface area contributed by atoms with E-state index in [1.165, 1.54) is 6.07 Å². The van der Waals surface area contributed by atoms with E-state index in [0.29, 0.717) is 27.7 Å². The van der Waals surface area contributed by atoms with Gasteiger partial charge in [-0.25, -0.2) is 0 Å². The summed E-state index contributed by atoms with van der Waals surface area (Å²) in [5, 5.41) is 9.26. The average Bonchev–Trinajstić information content (AvgIpc) is 2.09. The van der Waals surface area contributed by atoms with E-state index in [1.807, 2.05) is 0 Å². The molecule has 0 saturated heterocycles. The molecule has 0 radical (unpaired) electrons. The molecular formula is C9H9Cl2NO2. The quantitative estimate of drug-likeness (QED) is 0.790. The lowest BCUT2D eigenvalue weighted by atomic mass is 10.1. The molecule has 0 aliphatic heterocycles. The Morgan fingerprint density at radius 1 is 1.36 bits per heavy atom. The van der Waals surface area contributed by atoms with E-state index in [9.17, 15) is 4.79 Å². The van der Waals surface area contributed by atoms with Crippen molar-refractivity contribution in [3.8, 4) is 0 Å². The molecule has 0 spiro atoms. The summed E-state index contributed by atoms with van der Waals surface area (Å²) in [5.41, 5.74) is 6.82. The van der Waals surface area contributed by atoms with Crippen LogP contribution in [0.1, 0.15) is 12.0 Å². The number of hydrogen-bond donors (Lipinski definition) is 2. The highest BCUT2D eigenvalue weighted by atomic mass is 35.5. The molecule has 0 aromatic heterocycles. The zero-order valence-electron chi connectivity index (χ0n) is 7.26. The van der Waals surface area contributed by atoms with Crippen LogP contribution in [-0.2, 0) is 11.2 Å². The summed E-state index contributed by atoms with van der Waals surface area (Å²) < 4.78 is 0. The lowest BCUT2D eigenvalue weighted by Crippen LogP contribution is -2.00. The SMILES string of the molecule is Nc1cc(Cl)c(Cl)cc1CCC(=O)O. The van der Waals surface area contributed by atoms with E-state index in [-0.39, 0.29) is 6.42 Å². The Morgan fingerprint density at radius 3 is 2.50 bits per heavy atom. The summed E-state index contributed by atoms with van der Waals surface area (Å²) >= 11 is 11.5.